The number of fused-ring (bicyclic) bond motifs is 2. The average molecular weight is 323 g/mol. The molecular formula is C20H12F3N. The highest BCUT2D eigenvalue weighted by atomic mass is 19.4. The van der Waals surface area contributed by atoms with E-state index in [1.54, 1.807) is 12.1 Å². The summed E-state index contributed by atoms with van der Waals surface area (Å²) in [4.78, 5) is 4.47. The van der Waals surface area contributed by atoms with Crippen LogP contribution >= 0.6 is 0 Å². The summed E-state index contributed by atoms with van der Waals surface area (Å²) in [5.74, 6) is 0. The molecule has 0 atom stereocenters. The van der Waals surface area contributed by atoms with Gasteiger partial charge in [0.05, 0.1) is 16.8 Å². The first-order chi connectivity index (χ1) is 11.5. The van der Waals surface area contributed by atoms with Crippen LogP contribution in [0.3, 0.4) is 0 Å². The minimum Gasteiger partial charge on any atom is -0.248 e. The van der Waals surface area contributed by atoms with E-state index in [1.165, 1.54) is 12.1 Å². The largest absolute Gasteiger partial charge is 0.417 e. The molecule has 0 bridgehead atoms. The third kappa shape index (κ3) is 2.40. The summed E-state index contributed by atoms with van der Waals surface area (Å²) in [6.07, 6.45) is -4.39. The predicted octanol–water partition coefficient (Wildman–Crippen LogP) is 6.07. The van der Waals surface area contributed by atoms with E-state index in [0.717, 1.165) is 22.4 Å². The van der Waals surface area contributed by atoms with Crippen LogP contribution in [0.5, 0.6) is 0 Å². The topological polar surface area (TPSA) is 12.9 Å². The summed E-state index contributed by atoms with van der Waals surface area (Å²) in [7, 11) is 0. The zero-order chi connectivity index (χ0) is 16.7. The second kappa shape index (κ2) is 5.34. The van der Waals surface area contributed by atoms with Crippen LogP contribution in [-0.2, 0) is 6.18 Å². The average Bonchev–Trinajstić information content (AvgIpc) is 2.59. The molecule has 1 heterocycles. The van der Waals surface area contributed by atoms with Crippen molar-refractivity contribution in [1.82, 2.24) is 4.98 Å². The van der Waals surface area contributed by atoms with Crippen LogP contribution in [0, 0.1) is 0 Å². The van der Waals surface area contributed by atoms with Gasteiger partial charge < -0.3 is 0 Å². The molecule has 0 unspecified atom stereocenters. The standard InChI is InChI=1S/C20H12F3N/c21-20(22,23)17-9-4-10-18-16(17)11-12-19(24-18)15-8-3-6-13-5-1-2-7-14(13)15/h1-12H. The zero-order valence-corrected chi connectivity index (χ0v) is 12.5. The molecule has 0 spiro atoms. The predicted molar refractivity (Wildman–Crippen MR) is 89.7 cm³/mol. The molecule has 0 saturated carbocycles. The lowest BCUT2D eigenvalue weighted by Crippen LogP contribution is -2.05. The Kier molecular flexibility index (Phi) is 3.27. The molecule has 24 heavy (non-hydrogen) atoms. The van der Waals surface area contributed by atoms with E-state index in [-0.39, 0.29) is 5.39 Å². The van der Waals surface area contributed by atoms with E-state index in [9.17, 15) is 13.2 Å². The van der Waals surface area contributed by atoms with Gasteiger partial charge in [0, 0.05) is 10.9 Å². The molecule has 0 fully saturated rings. The molecule has 3 aromatic carbocycles. The number of nitrogens with zero attached hydrogens (tertiary/aromatic N) is 1. The Morgan fingerprint density at radius 3 is 2.25 bits per heavy atom. The lowest BCUT2D eigenvalue weighted by atomic mass is 10.0. The Bertz CT molecular complexity index is 1050. The first-order valence-corrected chi connectivity index (χ1v) is 7.49. The fourth-order valence-corrected chi connectivity index (χ4v) is 3.00. The number of aromatic nitrogens is 1. The number of benzene rings is 3. The highest BCUT2D eigenvalue weighted by Gasteiger charge is 2.32. The second-order valence-corrected chi connectivity index (χ2v) is 5.59. The minimum absolute atomic E-state index is 0.119. The van der Waals surface area contributed by atoms with Crippen LogP contribution in [0.1, 0.15) is 5.56 Å². The summed E-state index contributed by atoms with van der Waals surface area (Å²) in [5.41, 5.74) is 1.26. The smallest absolute Gasteiger partial charge is 0.248 e. The number of pyridine rings is 1. The molecule has 0 aliphatic carbocycles. The SMILES string of the molecule is FC(F)(F)c1cccc2nc(-c3cccc4ccccc34)ccc12. The Balaban J connectivity index is 1.96. The number of hydrogen-bond donors (Lipinski definition) is 0. The summed E-state index contributed by atoms with van der Waals surface area (Å²) in [5, 5.41) is 2.22. The number of alkyl halides is 3. The Morgan fingerprint density at radius 2 is 1.42 bits per heavy atom. The fraction of sp³-hybridized carbons (Fsp3) is 0.0500. The van der Waals surface area contributed by atoms with Crippen molar-refractivity contribution in [1.29, 1.82) is 0 Å². The van der Waals surface area contributed by atoms with E-state index >= 15 is 0 Å². The third-order valence-corrected chi connectivity index (χ3v) is 4.10. The van der Waals surface area contributed by atoms with Gasteiger partial charge in [-0.1, -0.05) is 54.6 Å². The van der Waals surface area contributed by atoms with Crippen molar-refractivity contribution >= 4 is 21.7 Å². The summed E-state index contributed by atoms with van der Waals surface area (Å²) in [6, 6.07) is 21.0. The molecule has 0 amide bonds. The van der Waals surface area contributed by atoms with Gasteiger partial charge in [0.1, 0.15) is 0 Å². The Morgan fingerprint density at radius 1 is 0.667 bits per heavy atom. The van der Waals surface area contributed by atoms with Gasteiger partial charge in [-0.15, -0.1) is 0 Å². The van der Waals surface area contributed by atoms with Crippen molar-refractivity contribution < 1.29 is 13.2 Å². The molecule has 4 aromatic rings. The molecule has 0 N–H and O–H groups in total. The van der Waals surface area contributed by atoms with Crippen molar-refractivity contribution in [2.45, 2.75) is 6.18 Å². The molecule has 4 heteroatoms. The molecule has 4 rings (SSSR count). The minimum atomic E-state index is -4.39. The number of halogens is 3. The fourth-order valence-electron chi connectivity index (χ4n) is 3.00. The second-order valence-electron chi connectivity index (χ2n) is 5.59. The summed E-state index contributed by atoms with van der Waals surface area (Å²) in [6.45, 7) is 0. The van der Waals surface area contributed by atoms with E-state index in [1.807, 2.05) is 42.5 Å². The molecular weight excluding hydrogens is 311 g/mol. The molecule has 0 saturated heterocycles. The van der Waals surface area contributed by atoms with Crippen LogP contribution in [0.2, 0.25) is 0 Å². The van der Waals surface area contributed by atoms with Crippen molar-refractivity contribution in [2.24, 2.45) is 0 Å². The lowest BCUT2D eigenvalue weighted by molar-refractivity contribution is -0.136. The highest BCUT2D eigenvalue weighted by Crippen LogP contribution is 2.35. The zero-order valence-electron chi connectivity index (χ0n) is 12.5. The van der Waals surface area contributed by atoms with Gasteiger partial charge in [0.15, 0.2) is 0 Å². The van der Waals surface area contributed by atoms with E-state index < -0.39 is 11.7 Å². The molecule has 0 aliphatic heterocycles. The monoisotopic (exact) mass is 323 g/mol. The molecule has 1 nitrogen and oxygen atoms in total. The van der Waals surface area contributed by atoms with Gasteiger partial charge in [-0.2, -0.15) is 13.2 Å². The maximum Gasteiger partial charge on any atom is 0.417 e. The van der Waals surface area contributed by atoms with Crippen molar-refractivity contribution in [3.63, 3.8) is 0 Å². The van der Waals surface area contributed by atoms with Crippen LogP contribution in [0.4, 0.5) is 13.2 Å². The van der Waals surface area contributed by atoms with Crippen molar-refractivity contribution in [3.05, 3.63) is 78.4 Å². The van der Waals surface area contributed by atoms with Crippen LogP contribution in [0.15, 0.2) is 72.8 Å². The highest BCUT2D eigenvalue weighted by molar-refractivity contribution is 5.97. The van der Waals surface area contributed by atoms with Gasteiger partial charge in [-0.25, -0.2) is 4.98 Å². The van der Waals surface area contributed by atoms with Gasteiger partial charge in [-0.05, 0) is 29.0 Å². The quantitative estimate of drug-likeness (QED) is 0.414. The summed E-state index contributed by atoms with van der Waals surface area (Å²) < 4.78 is 39.4. The molecule has 0 aliphatic rings. The third-order valence-electron chi connectivity index (χ3n) is 4.10. The maximum atomic E-state index is 13.1. The molecule has 0 radical (unpaired) electrons. The van der Waals surface area contributed by atoms with Gasteiger partial charge in [0.25, 0.3) is 0 Å². The van der Waals surface area contributed by atoms with Crippen LogP contribution in [-0.4, -0.2) is 4.98 Å². The van der Waals surface area contributed by atoms with E-state index in [0.29, 0.717) is 11.2 Å². The first kappa shape index (κ1) is 14.7. The first-order valence-electron chi connectivity index (χ1n) is 7.49. The number of hydrogen-bond acceptors (Lipinski definition) is 1. The Hall–Kier alpha value is -2.88. The van der Waals surface area contributed by atoms with Crippen LogP contribution < -0.4 is 0 Å². The lowest BCUT2D eigenvalue weighted by Gasteiger charge is -2.11. The van der Waals surface area contributed by atoms with Gasteiger partial charge in [-0.3, -0.25) is 0 Å². The van der Waals surface area contributed by atoms with Crippen molar-refractivity contribution in [3.8, 4) is 11.3 Å². The van der Waals surface area contributed by atoms with Gasteiger partial charge >= 0.3 is 6.18 Å². The molecule has 1 aromatic heterocycles. The van der Waals surface area contributed by atoms with Gasteiger partial charge in [0.2, 0.25) is 0 Å². The normalized spacial score (nSPS) is 12.0. The Labute approximate surface area is 136 Å². The summed E-state index contributed by atoms with van der Waals surface area (Å²) >= 11 is 0. The van der Waals surface area contributed by atoms with E-state index in [2.05, 4.69) is 4.98 Å². The maximum absolute atomic E-state index is 13.1. The van der Waals surface area contributed by atoms with Crippen molar-refractivity contribution in [2.75, 3.05) is 0 Å². The van der Waals surface area contributed by atoms with E-state index in [4.69, 9.17) is 0 Å². The number of rotatable bonds is 1. The molecule has 118 valence electrons. The van der Waals surface area contributed by atoms with Crippen LogP contribution in [0.25, 0.3) is 32.9 Å².